The Labute approximate surface area is 147 Å². The number of hydrazine groups is 1. The molecular formula is C18H15BrN2O3. The van der Waals surface area contributed by atoms with Crippen molar-refractivity contribution >= 4 is 33.7 Å². The standard InChI is InChI=1S/C18H15BrN2O3/c19-13-4-2-1-3-10(13)16(22)20-21-17(23)14-8-5-6-9(12-7-11(8)12)15(14)18(21)24/h1-6,8-9,11-12,14-15H,7H2,(H,20,22)/t8?,9?,11?,12?,14-,15?/m1/s1. The average molecular weight is 387 g/mol. The first-order valence-electron chi connectivity index (χ1n) is 8.19. The summed E-state index contributed by atoms with van der Waals surface area (Å²) in [5.41, 5.74) is 2.93. The molecule has 4 aliphatic carbocycles. The molecule has 24 heavy (non-hydrogen) atoms. The smallest absolute Gasteiger partial charge is 0.271 e. The lowest BCUT2D eigenvalue weighted by Crippen LogP contribution is -2.47. The minimum atomic E-state index is -0.451. The molecule has 5 nitrogen and oxygen atoms in total. The summed E-state index contributed by atoms with van der Waals surface area (Å²) in [4.78, 5) is 38.1. The molecule has 0 spiro atoms. The van der Waals surface area contributed by atoms with Crippen molar-refractivity contribution in [1.82, 2.24) is 10.4 Å². The Morgan fingerprint density at radius 1 is 1.04 bits per heavy atom. The van der Waals surface area contributed by atoms with Crippen LogP contribution in [0.3, 0.4) is 0 Å². The van der Waals surface area contributed by atoms with Crippen LogP contribution in [0, 0.1) is 35.5 Å². The molecule has 1 heterocycles. The summed E-state index contributed by atoms with van der Waals surface area (Å²) in [7, 11) is 0. The van der Waals surface area contributed by atoms with Crippen LogP contribution in [-0.4, -0.2) is 22.7 Å². The molecule has 3 fully saturated rings. The summed E-state index contributed by atoms with van der Waals surface area (Å²) in [6.07, 6.45) is 5.35. The highest BCUT2D eigenvalue weighted by Gasteiger charge is 2.67. The first-order chi connectivity index (χ1) is 11.6. The number of hydrogen-bond donors (Lipinski definition) is 1. The molecule has 5 aliphatic rings. The molecule has 6 rings (SSSR count). The van der Waals surface area contributed by atoms with Gasteiger partial charge in [0.2, 0.25) is 0 Å². The highest BCUT2D eigenvalue weighted by molar-refractivity contribution is 9.10. The molecule has 1 N–H and O–H groups in total. The van der Waals surface area contributed by atoms with E-state index >= 15 is 0 Å². The maximum absolute atomic E-state index is 12.8. The lowest BCUT2D eigenvalue weighted by Gasteiger charge is -2.37. The molecule has 2 bridgehead atoms. The number of benzene rings is 1. The number of amides is 3. The number of carbonyl (C=O) groups is 3. The van der Waals surface area contributed by atoms with E-state index in [-0.39, 0.29) is 35.5 Å². The second-order valence-electron chi connectivity index (χ2n) is 7.09. The van der Waals surface area contributed by atoms with Gasteiger partial charge in [0.15, 0.2) is 0 Å². The fourth-order valence-corrected chi connectivity index (χ4v) is 5.34. The molecule has 6 heteroatoms. The molecule has 2 saturated carbocycles. The predicted octanol–water partition coefficient (Wildman–Crippen LogP) is 2.15. The molecule has 0 radical (unpaired) electrons. The van der Waals surface area contributed by atoms with Gasteiger partial charge in [0.05, 0.1) is 17.4 Å². The first kappa shape index (κ1) is 14.4. The molecular weight excluding hydrogens is 372 g/mol. The van der Waals surface area contributed by atoms with Gasteiger partial charge >= 0.3 is 0 Å². The normalized spacial score (nSPS) is 38.1. The minimum Gasteiger partial charge on any atom is -0.272 e. The van der Waals surface area contributed by atoms with Gasteiger partial charge < -0.3 is 0 Å². The van der Waals surface area contributed by atoms with Gasteiger partial charge in [-0.05, 0) is 58.2 Å². The Bertz CT molecular complexity index is 784. The van der Waals surface area contributed by atoms with Gasteiger partial charge in [0.25, 0.3) is 17.7 Å². The van der Waals surface area contributed by atoms with E-state index in [2.05, 4.69) is 33.5 Å². The van der Waals surface area contributed by atoms with Gasteiger partial charge in [-0.25, -0.2) is 0 Å². The zero-order valence-corrected chi connectivity index (χ0v) is 14.3. The van der Waals surface area contributed by atoms with E-state index in [1.54, 1.807) is 24.3 Å². The monoisotopic (exact) mass is 386 g/mol. The minimum absolute atomic E-state index is 0.159. The van der Waals surface area contributed by atoms with E-state index in [9.17, 15) is 14.4 Å². The average Bonchev–Trinajstić information content (AvgIpc) is 3.36. The van der Waals surface area contributed by atoms with Gasteiger partial charge in [-0.3, -0.25) is 19.8 Å². The molecule has 122 valence electrons. The number of nitrogens with zero attached hydrogens (tertiary/aromatic N) is 1. The summed E-state index contributed by atoms with van der Waals surface area (Å²) < 4.78 is 0.627. The van der Waals surface area contributed by atoms with Crippen LogP contribution >= 0.6 is 15.9 Å². The first-order valence-corrected chi connectivity index (χ1v) is 8.99. The summed E-state index contributed by atoms with van der Waals surface area (Å²) in [6.45, 7) is 0. The number of rotatable bonds is 2. The number of allylic oxidation sites excluding steroid dienone is 2. The SMILES string of the molecule is O=C(NN1C(=O)C2C3C=CC(C4CC34)[C@H]2C1=O)c1ccccc1Br. The maximum Gasteiger partial charge on any atom is 0.271 e. The van der Waals surface area contributed by atoms with Crippen molar-refractivity contribution < 1.29 is 14.4 Å². The van der Waals surface area contributed by atoms with Crippen molar-refractivity contribution in [2.75, 3.05) is 0 Å². The molecule has 3 amide bonds. The summed E-state index contributed by atoms with van der Waals surface area (Å²) in [6, 6.07) is 6.94. The Balaban J connectivity index is 1.43. The number of imide groups is 1. The quantitative estimate of drug-likeness (QED) is 0.625. The van der Waals surface area contributed by atoms with Crippen LogP contribution in [0.1, 0.15) is 16.8 Å². The van der Waals surface area contributed by atoms with Crippen molar-refractivity contribution in [3.63, 3.8) is 0 Å². The third kappa shape index (κ3) is 1.77. The fourth-order valence-electron chi connectivity index (χ4n) is 4.87. The highest BCUT2D eigenvalue weighted by Crippen LogP contribution is 2.65. The Hall–Kier alpha value is -1.95. The van der Waals surface area contributed by atoms with Crippen molar-refractivity contribution in [3.05, 3.63) is 46.5 Å². The summed E-state index contributed by atoms with van der Waals surface area (Å²) >= 11 is 3.32. The van der Waals surface area contributed by atoms with Crippen molar-refractivity contribution in [2.24, 2.45) is 35.5 Å². The molecule has 5 unspecified atom stereocenters. The number of hydrogen-bond acceptors (Lipinski definition) is 3. The second kappa shape index (κ2) is 4.79. The second-order valence-corrected chi connectivity index (χ2v) is 7.94. The van der Waals surface area contributed by atoms with Crippen LogP contribution < -0.4 is 5.43 Å². The zero-order chi connectivity index (χ0) is 16.6. The van der Waals surface area contributed by atoms with Crippen molar-refractivity contribution in [1.29, 1.82) is 0 Å². The van der Waals surface area contributed by atoms with Crippen LogP contribution in [0.2, 0.25) is 0 Å². The van der Waals surface area contributed by atoms with Gasteiger partial charge in [0.1, 0.15) is 0 Å². The van der Waals surface area contributed by atoms with Crippen LogP contribution in [0.15, 0.2) is 40.9 Å². The van der Waals surface area contributed by atoms with Crippen molar-refractivity contribution in [2.45, 2.75) is 6.42 Å². The topological polar surface area (TPSA) is 66.5 Å². The predicted molar refractivity (Wildman–Crippen MR) is 88.2 cm³/mol. The lowest BCUT2D eigenvalue weighted by molar-refractivity contribution is -0.143. The number of carbonyl (C=O) groups excluding carboxylic acids is 3. The van der Waals surface area contributed by atoms with Gasteiger partial charge in [-0.2, -0.15) is 5.01 Å². The Morgan fingerprint density at radius 2 is 1.62 bits per heavy atom. The fraction of sp³-hybridized carbons (Fsp3) is 0.389. The zero-order valence-electron chi connectivity index (χ0n) is 12.7. The summed E-state index contributed by atoms with van der Waals surface area (Å²) in [5.74, 6) is -0.127. The number of halogens is 1. The maximum atomic E-state index is 12.8. The van der Waals surface area contributed by atoms with E-state index in [1.165, 1.54) is 0 Å². The van der Waals surface area contributed by atoms with Gasteiger partial charge in [-0.15, -0.1) is 0 Å². The Kier molecular flexibility index (Phi) is 2.87. The molecule has 1 aromatic carbocycles. The van der Waals surface area contributed by atoms with Gasteiger partial charge in [0, 0.05) is 4.47 Å². The third-order valence-electron chi connectivity index (χ3n) is 5.99. The van der Waals surface area contributed by atoms with E-state index in [4.69, 9.17) is 0 Å². The molecule has 1 aromatic rings. The van der Waals surface area contributed by atoms with E-state index in [0.29, 0.717) is 21.9 Å². The molecule has 0 aromatic heterocycles. The lowest BCUT2D eigenvalue weighted by atomic mass is 9.63. The van der Waals surface area contributed by atoms with E-state index in [0.717, 1.165) is 11.4 Å². The van der Waals surface area contributed by atoms with Gasteiger partial charge in [-0.1, -0.05) is 24.3 Å². The van der Waals surface area contributed by atoms with Crippen LogP contribution in [0.4, 0.5) is 0 Å². The van der Waals surface area contributed by atoms with Crippen LogP contribution in [0.25, 0.3) is 0 Å². The largest absolute Gasteiger partial charge is 0.272 e. The van der Waals surface area contributed by atoms with Crippen LogP contribution in [-0.2, 0) is 9.59 Å². The molecule has 1 aliphatic heterocycles. The van der Waals surface area contributed by atoms with Crippen LogP contribution in [0.5, 0.6) is 0 Å². The third-order valence-corrected chi connectivity index (χ3v) is 6.69. The molecule has 6 atom stereocenters. The van der Waals surface area contributed by atoms with E-state index in [1.807, 2.05) is 0 Å². The van der Waals surface area contributed by atoms with Crippen molar-refractivity contribution in [3.8, 4) is 0 Å². The highest BCUT2D eigenvalue weighted by atomic mass is 79.9. The molecule has 1 saturated heterocycles. The Morgan fingerprint density at radius 3 is 2.21 bits per heavy atom. The summed E-state index contributed by atoms with van der Waals surface area (Å²) in [5, 5.41) is 0.967. The number of nitrogens with one attached hydrogen (secondary N) is 1. The van der Waals surface area contributed by atoms with E-state index < -0.39 is 5.91 Å².